The van der Waals surface area contributed by atoms with Crippen molar-refractivity contribution in [1.82, 2.24) is 0 Å². The summed E-state index contributed by atoms with van der Waals surface area (Å²) < 4.78 is 0. The van der Waals surface area contributed by atoms with E-state index in [1.165, 1.54) is 12.0 Å². The summed E-state index contributed by atoms with van der Waals surface area (Å²) in [6.07, 6.45) is 7.71. The second-order valence-corrected chi connectivity index (χ2v) is 3.82. The van der Waals surface area contributed by atoms with E-state index in [9.17, 15) is 4.79 Å². The van der Waals surface area contributed by atoms with Crippen molar-refractivity contribution in [3.05, 3.63) is 11.6 Å². The van der Waals surface area contributed by atoms with E-state index in [2.05, 4.69) is 19.9 Å². The Bertz CT molecular complexity index is 171. The third kappa shape index (κ3) is 1.92. The standard InChI is InChI=1S/C10H16O/c1-9(2)4-7-10(8-11)5-3-6-10/h4,8H,3,5-7H2,1-2H3. The lowest BCUT2D eigenvalue weighted by molar-refractivity contribution is -0.120. The Kier molecular flexibility index (Phi) is 2.48. The molecule has 1 nitrogen and oxygen atoms in total. The minimum absolute atomic E-state index is 0.0390. The summed E-state index contributed by atoms with van der Waals surface area (Å²) in [5, 5.41) is 0. The van der Waals surface area contributed by atoms with Gasteiger partial charge in [0.2, 0.25) is 0 Å². The first kappa shape index (κ1) is 8.51. The molecule has 0 amide bonds. The van der Waals surface area contributed by atoms with Crippen LogP contribution in [0.4, 0.5) is 0 Å². The van der Waals surface area contributed by atoms with Gasteiger partial charge in [-0.25, -0.2) is 0 Å². The van der Waals surface area contributed by atoms with Crippen molar-refractivity contribution in [2.45, 2.75) is 39.5 Å². The Morgan fingerprint density at radius 2 is 2.09 bits per heavy atom. The van der Waals surface area contributed by atoms with Crippen LogP contribution in [-0.2, 0) is 4.79 Å². The number of allylic oxidation sites excluding steroid dienone is 2. The van der Waals surface area contributed by atoms with Crippen LogP contribution in [0.2, 0.25) is 0 Å². The van der Waals surface area contributed by atoms with Crippen LogP contribution in [0.1, 0.15) is 39.5 Å². The van der Waals surface area contributed by atoms with Crippen LogP contribution < -0.4 is 0 Å². The van der Waals surface area contributed by atoms with Crippen LogP contribution in [0.3, 0.4) is 0 Å². The highest BCUT2D eigenvalue weighted by atomic mass is 16.1. The van der Waals surface area contributed by atoms with Gasteiger partial charge in [0.05, 0.1) is 0 Å². The fourth-order valence-electron chi connectivity index (χ4n) is 1.41. The molecule has 0 aromatic heterocycles. The topological polar surface area (TPSA) is 17.1 Å². The molecule has 0 radical (unpaired) electrons. The maximum Gasteiger partial charge on any atom is 0.126 e. The summed E-state index contributed by atoms with van der Waals surface area (Å²) in [7, 11) is 0. The zero-order chi connectivity index (χ0) is 8.32. The summed E-state index contributed by atoms with van der Waals surface area (Å²) in [6.45, 7) is 4.16. The van der Waals surface area contributed by atoms with E-state index in [-0.39, 0.29) is 5.41 Å². The first-order valence-electron chi connectivity index (χ1n) is 4.28. The number of rotatable bonds is 3. The van der Waals surface area contributed by atoms with E-state index in [1.807, 2.05) is 0 Å². The third-order valence-electron chi connectivity index (χ3n) is 2.52. The molecule has 1 heteroatoms. The van der Waals surface area contributed by atoms with Crippen LogP contribution in [0.25, 0.3) is 0 Å². The summed E-state index contributed by atoms with van der Waals surface area (Å²) in [5.74, 6) is 0. The molecule has 0 aliphatic heterocycles. The first-order valence-corrected chi connectivity index (χ1v) is 4.28. The van der Waals surface area contributed by atoms with Gasteiger partial charge in [0, 0.05) is 5.41 Å². The zero-order valence-corrected chi connectivity index (χ0v) is 7.39. The van der Waals surface area contributed by atoms with Crippen molar-refractivity contribution in [3.8, 4) is 0 Å². The fraction of sp³-hybridized carbons (Fsp3) is 0.700. The van der Waals surface area contributed by atoms with Gasteiger partial charge in [-0.05, 0) is 33.1 Å². The van der Waals surface area contributed by atoms with Gasteiger partial charge in [0.1, 0.15) is 6.29 Å². The van der Waals surface area contributed by atoms with Gasteiger partial charge >= 0.3 is 0 Å². The van der Waals surface area contributed by atoms with Crippen molar-refractivity contribution >= 4 is 6.29 Å². The second kappa shape index (κ2) is 3.21. The van der Waals surface area contributed by atoms with E-state index < -0.39 is 0 Å². The minimum Gasteiger partial charge on any atom is -0.303 e. The van der Waals surface area contributed by atoms with E-state index in [0.29, 0.717) is 0 Å². The van der Waals surface area contributed by atoms with Gasteiger partial charge in [-0.3, -0.25) is 0 Å². The lowest BCUT2D eigenvalue weighted by atomic mass is 9.68. The highest BCUT2D eigenvalue weighted by molar-refractivity contribution is 5.61. The molecular weight excluding hydrogens is 136 g/mol. The Morgan fingerprint density at radius 3 is 2.36 bits per heavy atom. The lowest BCUT2D eigenvalue weighted by Crippen LogP contribution is -2.30. The van der Waals surface area contributed by atoms with Crippen LogP contribution in [0, 0.1) is 5.41 Å². The van der Waals surface area contributed by atoms with Crippen molar-refractivity contribution < 1.29 is 4.79 Å². The van der Waals surface area contributed by atoms with E-state index >= 15 is 0 Å². The molecule has 0 spiro atoms. The third-order valence-corrected chi connectivity index (χ3v) is 2.52. The molecule has 0 N–H and O–H groups in total. The largest absolute Gasteiger partial charge is 0.303 e. The maximum atomic E-state index is 10.7. The number of carbonyl (C=O) groups is 1. The molecule has 1 saturated carbocycles. The molecule has 1 aliphatic rings. The highest BCUT2D eigenvalue weighted by Gasteiger charge is 2.35. The molecule has 0 saturated heterocycles. The molecule has 1 aliphatic carbocycles. The highest BCUT2D eigenvalue weighted by Crippen LogP contribution is 2.42. The van der Waals surface area contributed by atoms with Crippen LogP contribution >= 0.6 is 0 Å². The summed E-state index contributed by atoms with van der Waals surface area (Å²) in [4.78, 5) is 10.7. The van der Waals surface area contributed by atoms with Gasteiger partial charge < -0.3 is 4.79 Å². The average molecular weight is 152 g/mol. The molecule has 1 fully saturated rings. The fourth-order valence-corrected chi connectivity index (χ4v) is 1.41. The zero-order valence-electron chi connectivity index (χ0n) is 7.39. The van der Waals surface area contributed by atoms with Gasteiger partial charge in [-0.15, -0.1) is 0 Å². The van der Waals surface area contributed by atoms with Crippen molar-refractivity contribution in [3.63, 3.8) is 0 Å². The van der Waals surface area contributed by atoms with Crippen LogP contribution in [0.15, 0.2) is 11.6 Å². The van der Waals surface area contributed by atoms with E-state index in [4.69, 9.17) is 0 Å². The van der Waals surface area contributed by atoms with Crippen LogP contribution in [0.5, 0.6) is 0 Å². The quantitative estimate of drug-likeness (QED) is 0.449. The predicted octanol–water partition coefficient (Wildman–Crippen LogP) is 2.71. The summed E-state index contributed by atoms with van der Waals surface area (Å²) in [5.41, 5.74) is 1.36. The smallest absolute Gasteiger partial charge is 0.126 e. The second-order valence-electron chi connectivity index (χ2n) is 3.82. The normalized spacial score (nSPS) is 20.2. The van der Waals surface area contributed by atoms with Gasteiger partial charge in [0.25, 0.3) is 0 Å². The molecule has 1 rings (SSSR count). The van der Waals surface area contributed by atoms with E-state index in [0.717, 1.165) is 25.5 Å². The predicted molar refractivity (Wildman–Crippen MR) is 46.4 cm³/mol. The van der Waals surface area contributed by atoms with E-state index in [1.54, 1.807) is 0 Å². The number of carbonyl (C=O) groups excluding carboxylic acids is 1. The van der Waals surface area contributed by atoms with Crippen molar-refractivity contribution in [2.24, 2.45) is 5.41 Å². The number of hydrogen-bond donors (Lipinski definition) is 0. The molecule has 0 atom stereocenters. The molecule has 11 heavy (non-hydrogen) atoms. The molecule has 62 valence electrons. The molecule has 0 unspecified atom stereocenters. The first-order chi connectivity index (χ1) is 5.18. The Morgan fingerprint density at radius 1 is 1.45 bits per heavy atom. The summed E-state index contributed by atoms with van der Waals surface area (Å²) in [6, 6.07) is 0. The minimum atomic E-state index is 0.0390. The molecule has 0 bridgehead atoms. The molecule has 0 aromatic carbocycles. The number of hydrogen-bond acceptors (Lipinski definition) is 1. The lowest BCUT2D eigenvalue weighted by Gasteiger charge is -2.35. The molecule has 0 aromatic rings. The average Bonchev–Trinajstić information content (AvgIpc) is 1.86. The van der Waals surface area contributed by atoms with Gasteiger partial charge in [0.15, 0.2) is 0 Å². The van der Waals surface area contributed by atoms with Gasteiger partial charge in [-0.2, -0.15) is 0 Å². The maximum absolute atomic E-state index is 10.7. The van der Waals surface area contributed by atoms with Crippen molar-refractivity contribution in [2.75, 3.05) is 0 Å². The van der Waals surface area contributed by atoms with Crippen molar-refractivity contribution in [1.29, 1.82) is 0 Å². The van der Waals surface area contributed by atoms with Crippen LogP contribution in [-0.4, -0.2) is 6.29 Å². The Balaban J connectivity index is 2.45. The van der Waals surface area contributed by atoms with Gasteiger partial charge in [-0.1, -0.05) is 18.1 Å². The monoisotopic (exact) mass is 152 g/mol. The Hall–Kier alpha value is -0.590. The molecule has 0 heterocycles. The number of aldehydes is 1. The SMILES string of the molecule is CC(C)=CCC1(C=O)CCC1. The summed E-state index contributed by atoms with van der Waals surface area (Å²) >= 11 is 0. The Labute approximate surface area is 68.5 Å². The molecular formula is C10H16O.